The van der Waals surface area contributed by atoms with Crippen LogP contribution in [0.2, 0.25) is 0 Å². The number of aromatic nitrogens is 1. The van der Waals surface area contributed by atoms with E-state index in [0.29, 0.717) is 11.5 Å². The second-order valence-corrected chi connectivity index (χ2v) is 6.41. The molecule has 4 aromatic rings. The topological polar surface area (TPSA) is 64.7 Å². The standard InChI is InChI=1S/C23H18N2O3/c1-15-3-7-17(8-4-15)22-25-20-13-19(11-12-21(20)28-22)24-14-16-5-9-18(10-6-16)23(26)27-2/h3-14H,1-2H3. The Morgan fingerprint density at radius 3 is 2.50 bits per heavy atom. The van der Waals surface area contributed by atoms with E-state index in [1.807, 2.05) is 61.5 Å². The lowest BCUT2D eigenvalue weighted by molar-refractivity contribution is 0.0600. The van der Waals surface area contributed by atoms with E-state index in [1.165, 1.54) is 12.7 Å². The molecule has 0 aliphatic heterocycles. The van der Waals surface area contributed by atoms with E-state index < -0.39 is 0 Å². The number of hydrogen-bond donors (Lipinski definition) is 0. The molecule has 28 heavy (non-hydrogen) atoms. The van der Waals surface area contributed by atoms with Crippen LogP contribution in [0.1, 0.15) is 21.5 Å². The average Bonchev–Trinajstić information content (AvgIpc) is 3.16. The molecule has 0 saturated heterocycles. The largest absolute Gasteiger partial charge is 0.465 e. The van der Waals surface area contributed by atoms with Crippen molar-refractivity contribution in [1.29, 1.82) is 0 Å². The van der Waals surface area contributed by atoms with Crippen molar-refractivity contribution in [2.45, 2.75) is 6.92 Å². The number of benzene rings is 3. The molecule has 0 atom stereocenters. The summed E-state index contributed by atoms with van der Waals surface area (Å²) in [4.78, 5) is 20.5. The monoisotopic (exact) mass is 370 g/mol. The van der Waals surface area contributed by atoms with E-state index >= 15 is 0 Å². The molecule has 0 bridgehead atoms. The molecule has 0 aliphatic carbocycles. The van der Waals surface area contributed by atoms with Gasteiger partial charge in [0.25, 0.3) is 0 Å². The minimum atomic E-state index is -0.357. The van der Waals surface area contributed by atoms with Crippen molar-refractivity contribution < 1.29 is 13.9 Å². The lowest BCUT2D eigenvalue weighted by Crippen LogP contribution is -2.00. The minimum Gasteiger partial charge on any atom is -0.465 e. The van der Waals surface area contributed by atoms with Crippen molar-refractivity contribution in [3.05, 3.63) is 83.4 Å². The third-order valence-electron chi connectivity index (χ3n) is 4.36. The van der Waals surface area contributed by atoms with Crippen molar-refractivity contribution in [1.82, 2.24) is 4.98 Å². The Bertz CT molecular complexity index is 1160. The van der Waals surface area contributed by atoms with Gasteiger partial charge >= 0.3 is 5.97 Å². The molecule has 0 radical (unpaired) electrons. The summed E-state index contributed by atoms with van der Waals surface area (Å²) in [5.41, 5.74) is 5.77. The van der Waals surface area contributed by atoms with Gasteiger partial charge in [-0.15, -0.1) is 0 Å². The first-order valence-electron chi connectivity index (χ1n) is 8.82. The number of carbonyl (C=O) groups is 1. The summed E-state index contributed by atoms with van der Waals surface area (Å²) >= 11 is 0. The zero-order chi connectivity index (χ0) is 19.5. The number of hydrogen-bond acceptors (Lipinski definition) is 5. The second kappa shape index (κ2) is 7.48. The summed E-state index contributed by atoms with van der Waals surface area (Å²) in [7, 11) is 1.36. The number of ether oxygens (including phenoxy) is 1. The second-order valence-electron chi connectivity index (χ2n) is 6.41. The maximum atomic E-state index is 11.5. The highest BCUT2D eigenvalue weighted by Crippen LogP contribution is 2.27. The highest BCUT2D eigenvalue weighted by Gasteiger charge is 2.08. The fraction of sp³-hybridized carbons (Fsp3) is 0.0870. The van der Waals surface area contributed by atoms with E-state index in [0.717, 1.165) is 27.9 Å². The van der Waals surface area contributed by atoms with Gasteiger partial charge in [-0.25, -0.2) is 9.78 Å². The Kier molecular flexibility index (Phi) is 4.72. The number of aryl methyl sites for hydroxylation is 1. The SMILES string of the molecule is COC(=O)c1ccc(C=Nc2ccc3oc(-c4ccc(C)cc4)nc3c2)cc1. The Hall–Kier alpha value is -3.73. The van der Waals surface area contributed by atoms with Crippen molar-refractivity contribution in [2.75, 3.05) is 7.11 Å². The summed E-state index contributed by atoms with van der Waals surface area (Å²) in [5, 5.41) is 0. The van der Waals surface area contributed by atoms with E-state index in [-0.39, 0.29) is 5.97 Å². The Morgan fingerprint density at radius 1 is 1.04 bits per heavy atom. The van der Waals surface area contributed by atoms with Crippen LogP contribution in [0, 0.1) is 6.92 Å². The number of methoxy groups -OCH3 is 1. The van der Waals surface area contributed by atoms with Crippen LogP contribution in [-0.4, -0.2) is 24.3 Å². The van der Waals surface area contributed by atoms with E-state index in [9.17, 15) is 4.79 Å². The van der Waals surface area contributed by atoms with Crippen LogP contribution in [-0.2, 0) is 4.74 Å². The van der Waals surface area contributed by atoms with Crippen LogP contribution in [0.25, 0.3) is 22.6 Å². The number of esters is 1. The maximum absolute atomic E-state index is 11.5. The smallest absolute Gasteiger partial charge is 0.337 e. The van der Waals surface area contributed by atoms with Crippen molar-refractivity contribution in [2.24, 2.45) is 4.99 Å². The third-order valence-corrected chi connectivity index (χ3v) is 4.36. The molecule has 1 aromatic heterocycles. The van der Waals surface area contributed by atoms with Crippen LogP contribution in [0.15, 0.2) is 76.1 Å². The number of nitrogens with zero attached hydrogens (tertiary/aromatic N) is 2. The van der Waals surface area contributed by atoms with Gasteiger partial charge in [0, 0.05) is 11.8 Å². The summed E-state index contributed by atoms with van der Waals surface area (Å²) in [6, 6.07) is 20.8. The molecule has 1 heterocycles. The van der Waals surface area contributed by atoms with Crippen LogP contribution in [0.4, 0.5) is 5.69 Å². The zero-order valence-corrected chi connectivity index (χ0v) is 15.5. The Balaban J connectivity index is 1.56. The predicted molar refractivity (Wildman–Crippen MR) is 109 cm³/mol. The first-order valence-corrected chi connectivity index (χ1v) is 8.82. The maximum Gasteiger partial charge on any atom is 0.337 e. The minimum absolute atomic E-state index is 0.357. The van der Waals surface area contributed by atoms with Crippen molar-refractivity contribution in [3.63, 3.8) is 0 Å². The van der Waals surface area contributed by atoms with Crippen LogP contribution in [0.3, 0.4) is 0 Å². The molecule has 0 aliphatic rings. The average molecular weight is 370 g/mol. The van der Waals surface area contributed by atoms with Gasteiger partial charge in [0.05, 0.1) is 18.4 Å². The van der Waals surface area contributed by atoms with Gasteiger partial charge in [-0.05, 0) is 55.0 Å². The molecule has 3 aromatic carbocycles. The van der Waals surface area contributed by atoms with Gasteiger partial charge in [-0.3, -0.25) is 4.99 Å². The molecule has 138 valence electrons. The molecule has 0 amide bonds. The summed E-state index contributed by atoms with van der Waals surface area (Å²) in [6.45, 7) is 2.04. The molecular formula is C23H18N2O3. The van der Waals surface area contributed by atoms with Crippen molar-refractivity contribution in [3.8, 4) is 11.5 Å². The normalized spacial score (nSPS) is 11.2. The lowest BCUT2D eigenvalue weighted by Gasteiger charge is -1.99. The van der Waals surface area contributed by atoms with Gasteiger partial charge in [0.2, 0.25) is 5.89 Å². The summed E-state index contributed by atoms with van der Waals surface area (Å²) in [6.07, 6.45) is 1.74. The molecule has 0 saturated carbocycles. The lowest BCUT2D eigenvalue weighted by atomic mass is 10.1. The van der Waals surface area contributed by atoms with Gasteiger partial charge < -0.3 is 9.15 Å². The highest BCUT2D eigenvalue weighted by atomic mass is 16.5. The quantitative estimate of drug-likeness (QED) is 0.359. The highest BCUT2D eigenvalue weighted by molar-refractivity contribution is 5.91. The van der Waals surface area contributed by atoms with E-state index in [1.54, 1.807) is 18.3 Å². The number of oxazole rings is 1. The van der Waals surface area contributed by atoms with Gasteiger partial charge in [0.1, 0.15) is 5.52 Å². The number of carbonyl (C=O) groups excluding carboxylic acids is 1. The molecular weight excluding hydrogens is 352 g/mol. The fourth-order valence-electron chi connectivity index (χ4n) is 2.79. The molecule has 0 unspecified atom stereocenters. The Labute approximate surface area is 162 Å². The first-order chi connectivity index (χ1) is 13.6. The molecule has 0 spiro atoms. The Morgan fingerprint density at radius 2 is 1.79 bits per heavy atom. The number of aliphatic imine (C=N–C) groups is 1. The molecule has 4 rings (SSSR count). The summed E-state index contributed by atoms with van der Waals surface area (Å²) in [5.74, 6) is 0.235. The molecule has 5 nitrogen and oxygen atoms in total. The molecule has 0 fully saturated rings. The van der Waals surface area contributed by atoms with Gasteiger partial charge in [-0.1, -0.05) is 29.8 Å². The van der Waals surface area contributed by atoms with Crippen molar-refractivity contribution >= 4 is 29.0 Å². The first kappa shape index (κ1) is 17.7. The number of fused-ring (bicyclic) bond motifs is 1. The summed E-state index contributed by atoms with van der Waals surface area (Å²) < 4.78 is 10.5. The van der Waals surface area contributed by atoms with Gasteiger partial charge in [-0.2, -0.15) is 0 Å². The predicted octanol–water partition coefficient (Wildman–Crippen LogP) is 5.34. The fourth-order valence-corrected chi connectivity index (χ4v) is 2.79. The van der Waals surface area contributed by atoms with Crippen LogP contribution < -0.4 is 0 Å². The van der Waals surface area contributed by atoms with E-state index in [2.05, 4.69) is 9.98 Å². The van der Waals surface area contributed by atoms with Crippen LogP contribution in [0.5, 0.6) is 0 Å². The zero-order valence-electron chi connectivity index (χ0n) is 15.5. The molecule has 5 heteroatoms. The van der Waals surface area contributed by atoms with E-state index in [4.69, 9.17) is 9.15 Å². The van der Waals surface area contributed by atoms with Crippen LogP contribution >= 0.6 is 0 Å². The number of rotatable bonds is 4. The third kappa shape index (κ3) is 3.69. The van der Waals surface area contributed by atoms with Gasteiger partial charge in [0.15, 0.2) is 5.58 Å². The molecule has 0 N–H and O–H groups in total.